The molecule has 0 aliphatic carbocycles. The SMILES string of the molecule is Cc1cc(C(=O)O)ccc1Oc1cc(=O)[nH]cn1. The van der Waals surface area contributed by atoms with Crippen molar-refractivity contribution in [2.75, 3.05) is 0 Å². The average Bonchev–Trinajstić information content (AvgIpc) is 2.31. The van der Waals surface area contributed by atoms with Gasteiger partial charge in [0, 0.05) is 0 Å². The van der Waals surface area contributed by atoms with Crippen molar-refractivity contribution >= 4 is 5.97 Å². The summed E-state index contributed by atoms with van der Waals surface area (Å²) in [5.41, 5.74) is 0.510. The van der Waals surface area contributed by atoms with Crippen molar-refractivity contribution in [3.8, 4) is 11.6 Å². The molecule has 0 saturated heterocycles. The molecule has 92 valence electrons. The number of aryl methyl sites for hydroxylation is 1. The molecule has 0 aliphatic rings. The van der Waals surface area contributed by atoms with E-state index in [1.807, 2.05) is 0 Å². The topological polar surface area (TPSA) is 92.3 Å². The lowest BCUT2D eigenvalue weighted by Crippen LogP contribution is -2.05. The van der Waals surface area contributed by atoms with Crippen molar-refractivity contribution in [3.05, 3.63) is 52.1 Å². The van der Waals surface area contributed by atoms with Gasteiger partial charge in [-0.1, -0.05) is 0 Å². The molecule has 0 bridgehead atoms. The number of hydrogen-bond donors (Lipinski definition) is 2. The molecule has 0 radical (unpaired) electrons. The van der Waals surface area contributed by atoms with Crippen LogP contribution in [0.25, 0.3) is 0 Å². The van der Waals surface area contributed by atoms with E-state index in [9.17, 15) is 9.59 Å². The van der Waals surface area contributed by atoms with Crippen LogP contribution in [-0.2, 0) is 0 Å². The molecule has 2 aromatic rings. The van der Waals surface area contributed by atoms with E-state index in [1.165, 1.54) is 30.6 Å². The maximum Gasteiger partial charge on any atom is 0.335 e. The van der Waals surface area contributed by atoms with E-state index >= 15 is 0 Å². The number of hydrogen-bond acceptors (Lipinski definition) is 4. The lowest BCUT2D eigenvalue weighted by Gasteiger charge is -2.07. The van der Waals surface area contributed by atoms with E-state index in [0.29, 0.717) is 11.3 Å². The molecular formula is C12H10N2O4. The van der Waals surface area contributed by atoms with E-state index in [1.54, 1.807) is 6.92 Å². The first kappa shape index (κ1) is 11.8. The van der Waals surface area contributed by atoms with E-state index in [2.05, 4.69) is 9.97 Å². The van der Waals surface area contributed by atoms with Crippen molar-refractivity contribution < 1.29 is 14.6 Å². The highest BCUT2D eigenvalue weighted by atomic mass is 16.5. The molecule has 0 saturated carbocycles. The lowest BCUT2D eigenvalue weighted by molar-refractivity contribution is 0.0697. The molecule has 2 rings (SSSR count). The molecule has 18 heavy (non-hydrogen) atoms. The van der Waals surface area contributed by atoms with Crippen LogP contribution in [0, 0.1) is 6.92 Å². The second-order valence-electron chi connectivity index (χ2n) is 3.64. The van der Waals surface area contributed by atoms with Gasteiger partial charge in [0.15, 0.2) is 0 Å². The fraction of sp³-hybridized carbons (Fsp3) is 0.0833. The second-order valence-corrected chi connectivity index (χ2v) is 3.64. The van der Waals surface area contributed by atoms with Crippen LogP contribution in [0.4, 0.5) is 0 Å². The number of rotatable bonds is 3. The molecule has 1 aromatic heterocycles. The van der Waals surface area contributed by atoms with Gasteiger partial charge in [0.2, 0.25) is 5.88 Å². The largest absolute Gasteiger partial charge is 0.478 e. The summed E-state index contributed by atoms with van der Waals surface area (Å²) in [5.74, 6) is -0.387. The summed E-state index contributed by atoms with van der Waals surface area (Å²) in [4.78, 5) is 28.0. The minimum absolute atomic E-state index is 0.157. The third-order valence-electron chi connectivity index (χ3n) is 2.29. The Balaban J connectivity index is 2.30. The Labute approximate surface area is 102 Å². The van der Waals surface area contributed by atoms with Crippen LogP contribution in [0.2, 0.25) is 0 Å². The first-order valence-electron chi connectivity index (χ1n) is 5.13. The first-order valence-corrected chi connectivity index (χ1v) is 5.13. The number of aromatic carboxylic acids is 1. The molecule has 0 aliphatic heterocycles. The summed E-state index contributed by atoms with van der Waals surface area (Å²) in [5, 5.41) is 8.83. The van der Waals surface area contributed by atoms with Gasteiger partial charge in [-0.25, -0.2) is 9.78 Å². The monoisotopic (exact) mass is 246 g/mol. The number of aromatic nitrogens is 2. The van der Waals surface area contributed by atoms with Crippen LogP contribution in [0.3, 0.4) is 0 Å². The van der Waals surface area contributed by atoms with Gasteiger partial charge < -0.3 is 14.8 Å². The molecule has 2 N–H and O–H groups in total. The standard InChI is InChI=1S/C12H10N2O4/c1-7-4-8(12(16)17)2-3-9(7)18-11-5-10(15)13-6-14-11/h2-6H,1H3,(H,16,17)(H,13,14,15). The number of carbonyl (C=O) groups is 1. The minimum atomic E-state index is -1.00. The van der Waals surface area contributed by atoms with Gasteiger partial charge in [-0.15, -0.1) is 0 Å². The van der Waals surface area contributed by atoms with E-state index in [-0.39, 0.29) is 17.0 Å². The molecule has 6 nitrogen and oxygen atoms in total. The number of carboxylic acid groups (broad SMARTS) is 1. The fourth-order valence-electron chi connectivity index (χ4n) is 1.42. The third kappa shape index (κ3) is 2.54. The second kappa shape index (κ2) is 4.70. The van der Waals surface area contributed by atoms with Crippen molar-refractivity contribution in [1.82, 2.24) is 9.97 Å². The van der Waals surface area contributed by atoms with Gasteiger partial charge in [-0.2, -0.15) is 0 Å². The Morgan fingerprint density at radius 1 is 1.39 bits per heavy atom. The Hall–Kier alpha value is -2.63. The summed E-state index contributed by atoms with van der Waals surface area (Å²) < 4.78 is 5.40. The predicted molar refractivity (Wildman–Crippen MR) is 63.1 cm³/mol. The zero-order valence-electron chi connectivity index (χ0n) is 9.51. The highest BCUT2D eigenvalue weighted by Crippen LogP contribution is 2.23. The zero-order chi connectivity index (χ0) is 13.1. The van der Waals surface area contributed by atoms with Gasteiger partial charge >= 0.3 is 5.97 Å². The summed E-state index contributed by atoms with van der Waals surface area (Å²) in [6.07, 6.45) is 1.23. The molecule has 1 heterocycles. The number of carboxylic acids is 1. The van der Waals surface area contributed by atoms with E-state index < -0.39 is 5.97 Å². The number of H-pyrrole nitrogens is 1. The Kier molecular flexibility index (Phi) is 3.09. The zero-order valence-corrected chi connectivity index (χ0v) is 9.51. The highest BCUT2D eigenvalue weighted by Gasteiger charge is 2.07. The first-order chi connectivity index (χ1) is 8.56. The molecular weight excluding hydrogens is 236 g/mol. The molecule has 0 fully saturated rings. The van der Waals surface area contributed by atoms with Crippen LogP contribution >= 0.6 is 0 Å². The van der Waals surface area contributed by atoms with Gasteiger partial charge in [0.05, 0.1) is 18.0 Å². The smallest absolute Gasteiger partial charge is 0.335 e. The van der Waals surface area contributed by atoms with Gasteiger partial charge in [0.25, 0.3) is 5.56 Å². The van der Waals surface area contributed by atoms with Crippen LogP contribution in [-0.4, -0.2) is 21.0 Å². The molecule has 0 amide bonds. The molecule has 1 aromatic carbocycles. The quantitative estimate of drug-likeness (QED) is 0.857. The normalized spacial score (nSPS) is 10.1. The Morgan fingerprint density at radius 3 is 2.78 bits per heavy atom. The number of aromatic amines is 1. The third-order valence-corrected chi connectivity index (χ3v) is 2.29. The summed E-state index contributed by atoms with van der Waals surface area (Å²) in [6.45, 7) is 1.72. The van der Waals surface area contributed by atoms with Crippen molar-refractivity contribution in [1.29, 1.82) is 0 Å². The van der Waals surface area contributed by atoms with Crippen LogP contribution in [0.15, 0.2) is 35.4 Å². The van der Waals surface area contributed by atoms with E-state index in [4.69, 9.17) is 9.84 Å². The number of nitrogens with zero attached hydrogens (tertiary/aromatic N) is 1. The van der Waals surface area contributed by atoms with Crippen LogP contribution < -0.4 is 10.3 Å². The maximum atomic E-state index is 11.1. The van der Waals surface area contributed by atoms with Crippen molar-refractivity contribution in [2.24, 2.45) is 0 Å². The summed E-state index contributed by atoms with van der Waals surface area (Å²) in [7, 11) is 0. The van der Waals surface area contributed by atoms with Gasteiger partial charge in [-0.3, -0.25) is 4.79 Å². The summed E-state index contributed by atoms with van der Waals surface area (Å²) in [6, 6.07) is 5.66. The summed E-state index contributed by atoms with van der Waals surface area (Å²) >= 11 is 0. The molecule has 0 atom stereocenters. The number of nitrogens with one attached hydrogen (secondary N) is 1. The number of benzene rings is 1. The number of ether oxygens (including phenoxy) is 1. The predicted octanol–water partition coefficient (Wildman–Crippen LogP) is 1.57. The minimum Gasteiger partial charge on any atom is -0.478 e. The Morgan fingerprint density at radius 2 is 2.17 bits per heavy atom. The molecule has 0 spiro atoms. The highest BCUT2D eigenvalue weighted by molar-refractivity contribution is 5.88. The van der Waals surface area contributed by atoms with Gasteiger partial charge in [-0.05, 0) is 30.7 Å². The lowest BCUT2D eigenvalue weighted by atomic mass is 10.1. The average molecular weight is 246 g/mol. The Bertz CT molecular complexity index is 649. The fourth-order valence-corrected chi connectivity index (χ4v) is 1.42. The van der Waals surface area contributed by atoms with E-state index in [0.717, 1.165) is 0 Å². The van der Waals surface area contributed by atoms with Crippen LogP contribution in [0.1, 0.15) is 15.9 Å². The maximum absolute atomic E-state index is 11.1. The van der Waals surface area contributed by atoms with Crippen LogP contribution in [0.5, 0.6) is 11.6 Å². The van der Waals surface area contributed by atoms with Crippen molar-refractivity contribution in [3.63, 3.8) is 0 Å². The van der Waals surface area contributed by atoms with Crippen molar-refractivity contribution in [2.45, 2.75) is 6.92 Å². The van der Waals surface area contributed by atoms with Gasteiger partial charge in [0.1, 0.15) is 5.75 Å². The molecule has 6 heteroatoms. The molecule has 0 unspecified atom stereocenters.